The molecule has 1 saturated heterocycles. The fourth-order valence-corrected chi connectivity index (χ4v) is 5.07. The summed E-state index contributed by atoms with van der Waals surface area (Å²) in [5.41, 5.74) is 2.62. The fourth-order valence-electron chi connectivity index (χ4n) is 3.12. The van der Waals surface area contributed by atoms with E-state index in [1.165, 1.54) is 23.3 Å². The number of fused-ring (bicyclic) bond motifs is 1. The van der Waals surface area contributed by atoms with E-state index in [4.69, 9.17) is 11.6 Å². The quantitative estimate of drug-likeness (QED) is 0.451. The molecule has 0 saturated carbocycles. The SMILES string of the molecule is CC1CCN(C(=O)CSc2ncnc3c(-c4ccc(Cl)cc4)nsc23)CC1. The van der Waals surface area contributed by atoms with Gasteiger partial charge in [0.15, 0.2) is 0 Å². The van der Waals surface area contributed by atoms with Crippen LogP contribution < -0.4 is 0 Å². The van der Waals surface area contributed by atoms with E-state index in [2.05, 4.69) is 21.3 Å². The molecule has 0 N–H and O–H groups in total. The number of amides is 1. The van der Waals surface area contributed by atoms with Crippen LogP contribution in [-0.4, -0.2) is 44.0 Å². The third-order valence-corrected chi connectivity index (χ3v) is 7.01. The number of carbonyl (C=O) groups is 1. The summed E-state index contributed by atoms with van der Waals surface area (Å²) in [5, 5.41) is 1.51. The standard InChI is InChI=1S/C19H19ClN4OS2/c1-12-6-8-24(9-7-12)15(25)10-26-19-18-17(21-11-22-19)16(23-27-18)13-2-4-14(20)5-3-13/h2-5,11-12H,6-10H2,1H3. The number of piperidine rings is 1. The van der Waals surface area contributed by atoms with Gasteiger partial charge >= 0.3 is 0 Å². The molecule has 0 unspecified atom stereocenters. The first kappa shape index (κ1) is 18.7. The summed E-state index contributed by atoms with van der Waals surface area (Å²) in [6, 6.07) is 7.56. The summed E-state index contributed by atoms with van der Waals surface area (Å²) in [4.78, 5) is 23.3. The van der Waals surface area contributed by atoms with Gasteiger partial charge in [-0.3, -0.25) is 4.79 Å². The van der Waals surface area contributed by atoms with Crippen LogP contribution in [0.15, 0.2) is 35.6 Å². The van der Waals surface area contributed by atoms with Crippen LogP contribution in [0.25, 0.3) is 21.5 Å². The van der Waals surface area contributed by atoms with Crippen LogP contribution in [0.5, 0.6) is 0 Å². The van der Waals surface area contributed by atoms with Gasteiger partial charge in [0.2, 0.25) is 5.91 Å². The topological polar surface area (TPSA) is 59.0 Å². The maximum atomic E-state index is 12.5. The number of benzene rings is 1. The molecule has 0 radical (unpaired) electrons. The maximum absolute atomic E-state index is 12.5. The Bertz CT molecular complexity index is 952. The number of rotatable bonds is 4. The van der Waals surface area contributed by atoms with Gasteiger partial charge in [0.25, 0.3) is 0 Å². The molecule has 2 aromatic heterocycles. The summed E-state index contributed by atoms with van der Waals surface area (Å²) in [6.07, 6.45) is 3.73. The Kier molecular flexibility index (Phi) is 5.61. The molecular weight excluding hydrogens is 400 g/mol. The van der Waals surface area contributed by atoms with Gasteiger partial charge in [0.05, 0.1) is 5.75 Å². The van der Waals surface area contributed by atoms with E-state index in [1.54, 1.807) is 6.33 Å². The fraction of sp³-hybridized carbons (Fsp3) is 0.368. The first-order chi connectivity index (χ1) is 13.1. The lowest BCUT2D eigenvalue weighted by Gasteiger charge is -2.30. The van der Waals surface area contributed by atoms with Gasteiger partial charge in [-0.1, -0.05) is 42.4 Å². The van der Waals surface area contributed by atoms with Crippen molar-refractivity contribution in [3.8, 4) is 11.3 Å². The van der Waals surface area contributed by atoms with E-state index in [9.17, 15) is 4.79 Å². The Morgan fingerprint density at radius 3 is 2.74 bits per heavy atom. The molecule has 1 aliphatic heterocycles. The highest BCUT2D eigenvalue weighted by Crippen LogP contribution is 2.34. The third-order valence-electron chi connectivity index (χ3n) is 4.81. The van der Waals surface area contributed by atoms with Crippen molar-refractivity contribution in [2.45, 2.75) is 24.8 Å². The Hall–Kier alpha value is -1.70. The molecule has 1 aromatic carbocycles. The Labute approximate surface area is 171 Å². The lowest BCUT2D eigenvalue weighted by atomic mass is 9.99. The second-order valence-corrected chi connectivity index (χ2v) is 8.92. The molecule has 1 aliphatic rings. The molecule has 4 rings (SSSR count). The van der Waals surface area contributed by atoms with E-state index in [1.807, 2.05) is 29.2 Å². The van der Waals surface area contributed by atoms with Gasteiger partial charge < -0.3 is 4.90 Å². The molecule has 27 heavy (non-hydrogen) atoms. The van der Waals surface area contributed by atoms with E-state index in [0.29, 0.717) is 16.7 Å². The molecule has 5 nitrogen and oxygen atoms in total. The molecule has 0 aliphatic carbocycles. The van der Waals surface area contributed by atoms with Crippen molar-refractivity contribution in [1.29, 1.82) is 0 Å². The van der Waals surface area contributed by atoms with Gasteiger partial charge in [-0.15, -0.1) is 0 Å². The highest BCUT2D eigenvalue weighted by Gasteiger charge is 2.21. The van der Waals surface area contributed by atoms with Gasteiger partial charge in [-0.25, -0.2) is 9.97 Å². The van der Waals surface area contributed by atoms with Crippen molar-refractivity contribution in [3.05, 3.63) is 35.6 Å². The summed E-state index contributed by atoms with van der Waals surface area (Å²) >= 11 is 8.82. The molecule has 0 bridgehead atoms. The minimum absolute atomic E-state index is 0.182. The third kappa shape index (κ3) is 4.10. The monoisotopic (exact) mass is 418 g/mol. The number of hydrogen-bond acceptors (Lipinski definition) is 6. The van der Waals surface area contributed by atoms with Crippen LogP contribution in [0.2, 0.25) is 5.02 Å². The lowest BCUT2D eigenvalue weighted by Crippen LogP contribution is -2.38. The first-order valence-corrected chi connectivity index (χ1v) is 11.0. The van der Waals surface area contributed by atoms with E-state index in [-0.39, 0.29) is 5.91 Å². The average Bonchev–Trinajstić information content (AvgIpc) is 3.12. The molecule has 3 heterocycles. The summed E-state index contributed by atoms with van der Waals surface area (Å²) in [5.74, 6) is 1.29. The minimum Gasteiger partial charge on any atom is -0.342 e. The molecule has 0 atom stereocenters. The van der Waals surface area contributed by atoms with Crippen LogP contribution in [0.3, 0.4) is 0 Å². The molecule has 8 heteroatoms. The van der Waals surface area contributed by atoms with E-state index < -0.39 is 0 Å². The number of carbonyl (C=O) groups excluding carboxylic acids is 1. The molecule has 1 amide bonds. The summed E-state index contributed by atoms with van der Waals surface area (Å²) < 4.78 is 5.49. The average molecular weight is 419 g/mol. The number of aromatic nitrogens is 3. The van der Waals surface area contributed by atoms with Crippen LogP contribution in [-0.2, 0) is 4.79 Å². The lowest BCUT2D eigenvalue weighted by molar-refractivity contribution is -0.129. The zero-order valence-corrected chi connectivity index (χ0v) is 17.3. The van der Waals surface area contributed by atoms with Crippen LogP contribution in [0.1, 0.15) is 19.8 Å². The zero-order chi connectivity index (χ0) is 18.8. The number of halogens is 1. The second kappa shape index (κ2) is 8.12. The number of likely N-dealkylation sites (tertiary alicyclic amines) is 1. The van der Waals surface area contributed by atoms with E-state index >= 15 is 0 Å². The van der Waals surface area contributed by atoms with Gasteiger partial charge in [-0.05, 0) is 42.4 Å². The van der Waals surface area contributed by atoms with Crippen LogP contribution in [0, 0.1) is 5.92 Å². The van der Waals surface area contributed by atoms with Crippen molar-refractivity contribution in [2.24, 2.45) is 5.92 Å². The Morgan fingerprint density at radius 2 is 2.00 bits per heavy atom. The van der Waals surface area contributed by atoms with Crippen LogP contribution >= 0.6 is 34.9 Å². The molecule has 0 spiro atoms. The predicted molar refractivity (Wildman–Crippen MR) is 111 cm³/mol. The first-order valence-electron chi connectivity index (χ1n) is 8.88. The zero-order valence-electron chi connectivity index (χ0n) is 14.9. The smallest absolute Gasteiger partial charge is 0.232 e. The van der Waals surface area contributed by atoms with Crippen molar-refractivity contribution < 1.29 is 4.79 Å². The van der Waals surface area contributed by atoms with Gasteiger partial charge in [0.1, 0.15) is 27.3 Å². The summed E-state index contributed by atoms with van der Waals surface area (Å²) in [7, 11) is 0. The summed E-state index contributed by atoms with van der Waals surface area (Å²) in [6.45, 7) is 3.97. The van der Waals surface area contributed by atoms with Crippen LogP contribution in [0.4, 0.5) is 0 Å². The minimum atomic E-state index is 0.182. The number of thioether (sulfide) groups is 1. The molecule has 3 aromatic rings. The Balaban J connectivity index is 1.51. The van der Waals surface area contributed by atoms with Crippen molar-refractivity contribution in [1.82, 2.24) is 19.2 Å². The Morgan fingerprint density at radius 1 is 1.26 bits per heavy atom. The maximum Gasteiger partial charge on any atom is 0.232 e. The van der Waals surface area contributed by atoms with E-state index in [0.717, 1.165) is 52.4 Å². The predicted octanol–water partition coefficient (Wildman–Crippen LogP) is 4.76. The largest absolute Gasteiger partial charge is 0.342 e. The molecular formula is C19H19ClN4OS2. The second-order valence-electron chi connectivity index (χ2n) is 6.75. The van der Waals surface area contributed by atoms with Gasteiger partial charge in [-0.2, -0.15) is 4.37 Å². The normalized spacial score (nSPS) is 15.4. The number of nitrogens with zero attached hydrogens (tertiary/aromatic N) is 4. The number of hydrogen-bond donors (Lipinski definition) is 0. The molecule has 1 fully saturated rings. The highest BCUT2D eigenvalue weighted by molar-refractivity contribution is 8.00. The molecule has 140 valence electrons. The van der Waals surface area contributed by atoms with Gasteiger partial charge in [0, 0.05) is 23.7 Å². The van der Waals surface area contributed by atoms with Crippen molar-refractivity contribution in [3.63, 3.8) is 0 Å². The highest BCUT2D eigenvalue weighted by atomic mass is 35.5. The van der Waals surface area contributed by atoms with Crippen molar-refractivity contribution >= 4 is 51.0 Å². The van der Waals surface area contributed by atoms with Crippen molar-refractivity contribution in [2.75, 3.05) is 18.8 Å².